The van der Waals surface area contributed by atoms with Crippen LogP contribution in [0.3, 0.4) is 0 Å². The van der Waals surface area contributed by atoms with E-state index in [1.165, 1.54) is 0 Å². The molecular formula is C17H24N2O3. The Labute approximate surface area is 131 Å². The van der Waals surface area contributed by atoms with Crippen molar-refractivity contribution in [1.82, 2.24) is 9.80 Å². The highest BCUT2D eigenvalue weighted by molar-refractivity contribution is 5.89. The number of piperazine rings is 1. The molecule has 0 atom stereocenters. The van der Waals surface area contributed by atoms with Crippen LogP contribution in [0.15, 0.2) is 30.3 Å². The highest BCUT2D eigenvalue weighted by Crippen LogP contribution is 2.05. The van der Waals surface area contributed by atoms with Gasteiger partial charge in [-0.15, -0.1) is 0 Å². The van der Waals surface area contributed by atoms with Crippen molar-refractivity contribution in [3.63, 3.8) is 0 Å². The maximum absolute atomic E-state index is 11.7. The lowest BCUT2D eigenvalue weighted by Crippen LogP contribution is -2.48. The molecule has 1 saturated heterocycles. The number of hydrogen-bond donors (Lipinski definition) is 0. The fourth-order valence-corrected chi connectivity index (χ4v) is 2.55. The highest BCUT2D eigenvalue weighted by Gasteiger charge is 2.17. The van der Waals surface area contributed by atoms with E-state index in [0.717, 1.165) is 45.6 Å². The van der Waals surface area contributed by atoms with Gasteiger partial charge in [0.1, 0.15) is 0 Å². The number of unbranched alkanes of at least 4 members (excludes halogenated alkanes) is 1. The molecule has 5 heteroatoms. The fraction of sp³-hybridized carbons (Fsp3) is 0.529. The van der Waals surface area contributed by atoms with E-state index >= 15 is 0 Å². The summed E-state index contributed by atoms with van der Waals surface area (Å²) in [6, 6.07) is 9.06. The lowest BCUT2D eigenvalue weighted by Gasteiger charge is -2.34. The van der Waals surface area contributed by atoms with Gasteiger partial charge in [-0.05, 0) is 31.5 Å². The van der Waals surface area contributed by atoms with Gasteiger partial charge in [0.15, 0.2) is 0 Å². The number of esters is 1. The summed E-state index contributed by atoms with van der Waals surface area (Å²) in [6.45, 7) is 6.58. The molecule has 120 valence electrons. The SMILES string of the molecule is CC(=O)N1CCN(CCCCOC(=O)c2ccccc2)CC1. The second-order valence-corrected chi connectivity index (χ2v) is 5.56. The highest BCUT2D eigenvalue weighted by atomic mass is 16.5. The van der Waals surface area contributed by atoms with Crippen molar-refractivity contribution in [1.29, 1.82) is 0 Å². The van der Waals surface area contributed by atoms with Crippen molar-refractivity contribution in [2.24, 2.45) is 0 Å². The summed E-state index contributed by atoms with van der Waals surface area (Å²) >= 11 is 0. The monoisotopic (exact) mass is 304 g/mol. The summed E-state index contributed by atoms with van der Waals surface area (Å²) in [6.07, 6.45) is 1.87. The zero-order chi connectivity index (χ0) is 15.8. The van der Waals surface area contributed by atoms with Crippen molar-refractivity contribution in [2.45, 2.75) is 19.8 Å². The standard InChI is InChI=1S/C17H24N2O3/c1-15(20)19-12-10-18(11-13-19)9-5-6-14-22-17(21)16-7-3-2-4-8-16/h2-4,7-8H,5-6,9-14H2,1H3. The van der Waals surface area contributed by atoms with E-state index in [4.69, 9.17) is 4.74 Å². The molecule has 1 fully saturated rings. The molecule has 0 unspecified atom stereocenters. The molecule has 1 aliphatic heterocycles. The van der Waals surface area contributed by atoms with E-state index in [1.54, 1.807) is 19.1 Å². The van der Waals surface area contributed by atoms with Crippen LogP contribution in [-0.4, -0.2) is 61.0 Å². The zero-order valence-electron chi connectivity index (χ0n) is 13.2. The van der Waals surface area contributed by atoms with Crippen LogP contribution in [0.5, 0.6) is 0 Å². The van der Waals surface area contributed by atoms with Gasteiger partial charge in [0.05, 0.1) is 12.2 Å². The van der Waals surface area contributed by atoms with Crippen LogP contribution in [0.4, 0.5) is 0 Å². The third-order valence-corrected chi connectivity index (χ3v) is 3.93. The Morgan fingerprint density at radius 1 is 1.05 bits per heavy atom. The van der Waals surface area contributed by atoms with Crippen LogP contribution >= 0.6 is 0 Å². The lowest BCUT2D eigenvalue weighted by molar-refractivity contribution is -0.130. The fourth-order valence-electron chi connectivity index (χ4n) is 2.55. The van der Waals surface area contributed by atoms with Crippen molar-refractivity contribution in [2.75, 3.05) is 39.3 Å². The second kappa shape index (κ2) is 8.54. The zero-order valence-corrected chi connectivity index (χ0v) is 13.2. The normalized spacial score (nSPS) is 15.6. The summed E-state index contributed by atoms with van der Waals surface area (Å²) in [5.41, 5.74) is 0.600. The Hall–Kier alpha value is -1.88. The maximum Gasteiger partial charge on any atom is 0.338 e. The van der Waals surface area contributed by atoms with E-state index in [9.17, 15) is 9.59 Å². The molecule has 1 aromatic rings. The maximum atomic E-state index is 11.7. The van der Waals surface area contributed by atoms with Crippen LogP contribution in [0.25, 0.3) is 0 Å². The first-order valence-corrected chi connectivity index (χ1v) is 7.87. The average molecular weight is 304 g/mol. The van der Waals surface area contributed by atoms with Crippen LogP contribution in [-0.2, 0) is 9.53 Å². The molecule has 0 aliphatic carbocycles. The second-order valence-electron chi connectivity index (χ2n) is 5.56. The van der Waals surface area contributed by atoms with Gasteiger partial charge < -0.3 is 9.64 Å². The summed E-state index contributed by atoms with van der Waals surface area (Å²) in [4.78, 5) is 27.2. The minimum atomic E-state index is -0.254. The number of hydrogen-bond acceptors (Lipinski definition) is 4. The van der Waals surface area contributed by atoms with Gasteiger partial charge in [-0.25, -0.2) is 4.79 Å². The number of rotatable bonds is 6. The molecular weight excluding hydrogens is 280 g/mol. The molecule has 0 spiro atoms. The predicted octanol–water partition coefficient (Wildman–Crippen LogP) is 1.79. The van der Waals surface area contributed by atoms with Gasteiger partial charge in [0, 0.05) is 33.1 Å². The van der Waals surface area contributed by atoms with Crippen molar-refractivity contribution >= 4 is 11.9 Å². The molecule has 0 saturated carbocycles. The molecule has 5 nitrogen and oxygen atoms in total. The van der Waals surface area contributed by atoms with E-state index in [2.05, 4.69) is 4.90 Å². The molecule has 0 radical (unpaired) electrons. The van der Waals surface area contributed by atoms with Crippen LogP contribution in [0, 0.1) is 0 Å². The number of carbonyl (C=O) groups is 2. The molecule has 2 rings (SSSR count). The Balaban J connectivity index is 1.55. The smallest absolute Gasteiger partial charge is 0.338 e. The third kappa shape index (κ3) is 5.15. The Morgan fingerprint density at radius 3 is 2.36 bits per heavy atom. The van der Waals surface area contributed by atoms with Gasteiger partial charge in [0.2, 0.25) is 5.91 Å². The Kier molecular flexibility index (Phi) is 6.40. The number of ether oxygens (including phenoxy) is 1. The topological polar surface area (TPSA) is 49.9 Å². The number of nitrogens with zero attached hydrogens (tertiary/aromatic N) is 2. The summed E-state index contributed by atoms with van der Waals surface area (Å²) in [5, 5.41) is 0. The quantitative estimate of drug-likeness (QED) is 0.594. The van der Waals surface area contributed by atoms with Crippen molar-refractivity contribution < 1.29 is 14.3 Å². The third-order valence-electron chi connectivity index (χ3n) is 3.93. The van der Waals surface area contributed by atoms with Gasteiger partial charge in [-0.1, -0.05) is 18.2 Å². The molecule has 1 aromatic carbocycles. The number of amides is 1. The van der Waals surface area contributed by atoms with Crippen LogP contribution in [0.2, 0.25) is 0 Å². The molecule has 22 heavy (non-hydrogen) atoms. The molecule has 0 aromatic heterocycles. The van der Waals surface area contributed by atoms with Gasteiger partial charge in [-0.3, -0.25) is 9.69 Å². The van der Waals surface area contributed by atoms with Gasteiger partial charge in [-0.2, -0.15) is 0 Å². The largest absolute Gasteiger partial charge is 0.462 e. The number of carbonyl (C=O) groups excluding carboxylic acids is 2. The van der Waals surface area contributed by atoms with Gasteiger partial charge >= 0.3 is 5.97 Å². The minimum absolute atomic E-state index is 0.160. The van der Waals surface area contributed by atoms with E-state index in [1.807, 2.05) is 23.1 Å². The molecule has 0 bridgehead atoms. The Morgan fingerprint density at radius 2 is 1.73 bits per heavy atom. The minimum Gasteiger partial charge on any atom is -0.462 e. The van der Waals surface area contributed by atoms with E-state index in [-0.39, 0.29) is 11.9 Å². The Bertz CT molecular complexity index is 482. The first kappa shape index (κ1) is 16.5. The summed E-state index contributed by atoms with van der Waals surface area (Å²) in [7, 11) is 0. The summed E-state index contributed by atoms with van der Waals surface area (Å²) < 4.78 is 5.26. The lowest BCUT2D eigenvalue weighted by atomic mass is 10.2. The van der Waals surface area contributed by atoms with Crippen molar-refractivity contribution in [3.05, 3.63) is 35.9 Å². The average Bonchev–Trinajstić information content (AvgIpc) is 2.55. The van der Waals surface area contributed by atoms with Crippen molar-refractivity contribution in [3.8, 4) is 0 Å². The predicted molar refractivity (Wildman–Crippen MR) is 84.7 cm³/mol. The molecule has 0 N–H and O–H groups in total. The summed E-state index contributed by atoms with van der Waals surface area (Å²) in [5.74, 6) is -0.0943. The molecule has 1 amide bonds. The first-order chi connectivity index (χ1) is 10.7. The molecule has 1 heterocycles. The first-order valence-electron chi connectivity index (χ1n) is 7.87. The van der Waals surface area contributed by atoms with E-state index < -0.39 is 0 Å². The molecule has 1 aliphatic rings. The van der Waals surface area contributed by atoms with Gasteiger partial charge in [0.25, 0.3) is 0 Å². The number of benzene rings is 1. The van der Waals surface area contributed by atoms with E-state index in [0.29, 0.717) is 12.2 Å². The van der Waals surface area contributed by atoms with Crippen LogP contribution in [0.1, 0.15) is 30.1 Å². The van der Waals surface area contributed by atoms with Crippen LogP contribution < -0.4 is 0 Å².